The van der Waals surface area contributed by atoms with Crippen LogP contribution < -0.4 is 10.9 Å². The number of carbonyl (C=O) groups excluding carboxylic acids is 1. The standard InChI is InChI=1S/C25H27F4N5O/c1-16-6-3-4-8-22(16)34-23(25(27,28)29)20(15-30-34)24(35)33(2)13-5-7-19-14-21(32-31-19)17-9-11-18(26)12-10-17/h3-4,6,8-12,15,19,21,31-32H,5,7,13-14H2,1-2H3. The molecule has 1 aromatic heterocycles. The maximum atomic E-state index is 14.0. The molecule has 0 saturated carbocycles. The fraction of sp³-hybridized carbons (Fsp3) is 0.360. The highest BCUT2D eigenvalue weighted by Crippen LogP contribution is 2.34. The Bertz CT molecular complexity index is 1180. The van der Waals surface area contributed by atoms with E-state index in [9.17, 15) is 22.4 Å². The molecular formula is C25H27F4N5O. The zero-order chi connectivity index (χ0) is 25.2. The van der Waals surface area contributed by atoms with Crippen LogP contribution in [0.5, 0.6) is 0 Å². The fourth-order valence-electron chi connectivity index (χ4n) is 4.37. The van der Waals surface area contributed by atoms with Gasteiger partial charge in [0.1, 0.15) is 5.82 Å². The lowest BCUT2D eigenvalue weighted by molar-refractivity contribution is -0.143. The van der Waals surface area contributed by atoms with Crippen LogP contribution in [0.2, 0.25) is 0 Å². The number of aryl methyl sites for hydroxylation is 1. The molecule has 186 valence electrons. The summed E-state index contributed by atoms with van der Waals surface area (Å²) in [5.41, 5.74) is 6.70. The highest BCUT2D eigenvalue weighted by molar-refractivity contribution is 5.95. The van der Waals surface area contributed by atoms with Crippen molar-refractivity contribution in [1.82, 2.24) is 25.5 Å². The van der Waals surface area contributed by atoms with Gasteiger partial charge in [0.25, 0.3) is 5.91 Å². The smallest absolute Gasteiger partial charge is 0.342 e. The van der Waals surface area contributed by atoms with E-state index in [4.69, 9.17) is 0 Å². The highest BCUT2D eigenvalue weighted by Gasteiger charge is 2.41. The SMILES string of the molecule is Cc1ccccc1-n1ncc(C(=O)N(C)CCCC2CC(c3ccc(F)cc3)NN2)c1C(F)(F)F. The van der Waals surface area contributed by atoms with Crippen molar-refractivity contribution in [2.45, 2.75) is 44.4 Å². The van der Waals surface area contributed by atoms with Crippen molar-refractivity contribution in [2.75, 3.05) is 13.6 Å². The Labute approximate surface area is 200 Å². The van der Waals surface area contributed by atoms with Crippen molar-refractivity contribution >= 4 is 5.91 Å². The molecule has 4 rings (SSSR count). The van der Waals surface area contributed by atoms with Gasteiger partial charge in [-0.05, 0) is 55.5 Å². The molecule has 1 saturated heterocycles. The molecule has 1 aliphatic heterocycles. The third-order valence-corrected chi connectivity index (χ3v) is 6.26. The van der Waals surface area contributed by atoms with Gasteiger partial charge >= 0.3 is 6.18 Å². The largest absolute Gasteiger partial charge is 0.434 e. The Morgan fingerprint density at radius 3 is 2.54 bits per heavy atom. The molecule has 2 unspecified atom stereocenters. The van der Waals surface area contributed by atoms with Gasteiger partial charge in [0, 0.05) is 25.7 Å². The van der Waals surface area contributed by atoms with Gasteiger partial charge in [0.2, 0.25) is 0 Å². The van der Waals surface area contributed by atoms with Crippen molar-refractivity contribution < 1.29 is 22.4 Å². The highest BCUT2D eigenvalue weighted by atomic mass is 19.4. The summed E-state index contributed by atoms with van der Waals surface area (Å²) in [5.74, 6) is -1.01. The van der Waals surface area contributed by atoms with Crippen LogP contribution >= 0.6 is 0 Å². The number of alkyl halides is 3. The van der Waals surface area contributed by atoms with Crippen LogP contribution in [0.4, 0.5) is 17.6 Å². The Kier molecular flexibility index (Phi) is 7.23. The van der Waals surface area contributed by atoms with Gasteiger partial charge in [-0.3, -0.25) is 15.6 Å². The molecule has 1 amide bonds. The van der Waals surface area contributed by atoms with Gasteiger partial charge < -0.3 is 4.90 Å². The van der Waals surface area contributed by atoms with Crippen molar-refractivity contribution in [2.24, 2.45) is 0 Å². The number of rotatable bonds is 7. The van der Waals surface area contributed by atoms with E-state index in [1.54, 1.807) is 37.3 Å². The van der Waals surface area contributed by atoms with E-state index >= 15 is 0 Å². The molecule has 2 heterocycles. The van der Waals surface area contributed by atoms with Crippen LogP contribution in [0.15, 0.2) is 54.7 Å². The predicted octanol–water partition coefficient (Wildman–Crippen LogP) is 4.80. The zero-order valence-electron chi connectivity index (χ0n) is 19.4. The lowest BCUT2D eigenvalue weighted by Crippen LogP contribution is -2.33. The average molecular weight is 490 g/mol. The first-order valence-electron chi connectivity index (χ1n) is 11.4. The average Bonchev–Trinajstić information content (AvgIpc) is 3.47. The van der Waals surface area contributed by atoms with Gasteiger partial charge in [-0.2, -0.15) is 18.3 Å². The molecule has 0 aliphatic carbocycles. The minimum atomic E-state index is -4.75. The summed E-state index contributed by atoms with van der Waals surface area (Å²) < 4.78 is 55.8. The van der Waals surface area contributed by atoms with Gasteiger partial charge in [-0.15, -0.1) is 0 Å². The molecule has 0 radical (unpaired) electrons. The number of hydrogen-bond acceptors (Lipinski definition) is 4. The van der Waals surface area contributed by atoms with E-state index in [2.05, 4.69) is 16.0 Å². The summed E-state index contributed by atoms with van der Waals surface area (Å²) in [4.78, 5) is 14.2. The third-order valence-electron chi connectivity index (χ3n) is 6.26. The first-order valence-corrected chi connectivity index (χ1v) is 11.4. The van der Waals surface area contributed by atoms with Crippen LogP contribution in [0.25, 0.3) is 5.69 Å². The second-order valence-corrected chi connectivity index (χ2v) is 8.80. The molecule has 1 aliphatic rings. The van der Waals surface area contributed by atoms with Gasteiger partial charge in [-0.25, -0.2) is 9.07 Å². The predicted molar refractivity (Wildman–Crippen MR) is 123 cm³/mol. The molecule has 35 heavy (non-hydrogen) atoms. The summed E-state index contributed by atoms with van der Waals surface area (Å²) in [7, 11) is 1.50. The van der Waals surface area contributed by atoms with Gasteiger partial charge in [-0.1, -0.05) is 30.3 Å². The number of aromatic nitrogens is 2. The topological polar surface area (TPSA) is 62.2 Å². The normalized spacial score (nSPS) is 18.1. The van der Waals surface area contributed by atoms with Crippen molar-refractivity contribution in [3.63, 3.8) is 0 Å². The molecule has 0 bridgehead atoms. The van der Waals surface area contributed by atoms with Gasteiger partial charge in [0.15, 0.2) is 5.69 Å². The first kappa shape index (κ1) is 24.9. The molecule has 2 N–H and O–H groups in total. The van der Waals surface area contributed by atoms with Crippen molar-refractivity contribution in [3.05, 3.63) is 82.9 Å². The number of amides is 1. The number of benzene rings is 2. The van der Waals surface area contributed by atoms with E-state index in [-0.39, 0.29) is 23.6 Å². The summed E-state index contributed by atoms with van der Waals surface area (Å²) in [5, 5.41) is 3.91. The van der Waals surface area contributed by atoms with E-state index < -0.39 is 23.3 Å². The maximum absolute atomic E-state index is 14.0. The molecule has 0 spiro atoms. The number of nitrogens with one attached hydrogen (secondary N) is 2. The van der Waals surface area contributed by atoms with Crippen LogP contribution in [0, 0.1) is 12.7 Å². The summed E-state index contributed by atoms with van der Waals surface area (Å²) in [6, 6.07) is 13.1. The zero-order valence-corrected chi connectivity index (χ0v) is 19.4. The second kappa shape index (κ2) is 10.2. The quantitative estimate of drug-likeness (QED) is 0.468. The molecular weight excluding hydrogens is 462 g/mol. The van der Waals surface area contributed by atoms with Crippen molar-refractivity contribution in [1.29, 1.82) is 0 Å². The Hall–Kier alpha value is -3.24. The van der Waals surface area contributed by atoms with Crippen LogP contribution in [0.1, 0.15) is 52.5 Å². The minimum Gasteiger partial charge on any atom is -0.342 e. The number of hydrazine groups is 1. The third kappa shape index (κ3) is 5.54. The van der Waals surface area contributed by atoms with E-state index in [0.717, 1.165) is 29.3 Å². The van der Waals surface area contributed by atoms with Gasteiger partial charge in [0.05, 0.1) is 17.4 Å². The number of nitrogens with zero attached hydrogens (tertiary/aromatic N) is 3. The summed E-state index contributed by atoms with van der Waals surface area (Å²) in [6.45, 7) is 1.99. The number of hydrogen-bond donors (Lipinski definition) is 2. The molecule has 2 aromatic carbocycles. The molecule has 6 nitrogen and oxygen atoms in total. The monoisotopic (exact) mass is 489 g/mol. The van der Waals surface area contributed by atoms with E-state index in [0.29, 0.717) is 18.5 Å². The first-order chi connectivity index (χ1) is 16.6. The Morgan fingerprint density at radius 1 is 1.14 bits per heavy atom. The maximum Gasteiger partial charge on any atom is 0.434 e. The molecule has 10 heteroatoms. The van der Waals surface area contributed by atoms with Crippen molar-refractivity contribution in [3.8, 4) is 5.69 Å². The fourth-order valence-corrected chi connectivity index (χ4v) is 4.37. The summed E-state index contributed by atoms with van der Waals surface area (Å²) >= 11 is 0. The lowest BCUT2D eigenvalue weighted by atomic mass is 9.99. The Balaban J connectivity index is 1.38. The van der Waals surface area contributed by atoms with E-state index in [1.807, 2.05) is 0 Å². The Morgan fingerprint density at radius 2 is 1.86 bits per heavy atom. The molecule has 1 fully saturated rings. The van der Waals surface area contributed by atoms with Crippen LogP contribution in [0.3, 0.4) is 0 Å². The minimum absolute atomic E-state index is 0.0431. The second-order valence-electron chi connectivity index (χ2n) is 8.80. The lowest BCUT2D eigenvalue weighted by Gasteiger charge is -2.19. The number of halogens is 4. The van der Waals surface area contributed by atoms with E-state index in [1.165, 1.54) is 30.1 Å². The van der Waals surface area contributed by atoms with Crippen LogP contribution in [-0.2, 0) is 6.18 Å². The molecule has 2 atom stereocenters. The number of carbonyl (C=O) groups is 1. The molecule has 3 aromatic rings. The number of para-hydroxylation sites is 1. The summed E-state index contributed by atoms with van der Waals surface area (Å²) in [6.07, 6.45) is -1.66. The van der Waals surface area contributed by atoms with Crippen LogP contribution in [-0.4, -0.2) is 40.2 Å².